The summed E-state index contributed by atoms with van der Waals surface area (Å²) in [6.45, 7) is 7.14. The molecule has 3 atom stereocenters. The van der Waals surface area contributed by atoms with Gasteiger partial charge in [-0.25, -0.2) is 4.68 Å². The Morgan fingerprint density at radius 2 is 1.69 bits per heavy atom. The van der Waals surface area contributed by atoms with E-state index in [4.69, 9.17) is 16.6 Å². The molecule has 4 aliphatic rings. The number of likely N-dealkylation sites (tertiary alicyclic amines) is 2. The number of aromatic nitrogens is 3. The van der Waals surface area contributed by atoms with E-state index in [-0.39, 0.29) is 51.6 Å². The highest BCUT2D eigenvalue weighted by molar-refractivity contribution is 6.32. The molecule has 0 bridgehead atoms. The summed E-state index contributed by atoms with van der Waals surface area (Å²) in [4.78, 5) is 61.2. The van der Waals surface area contributed by atoms with Gasteiger partial charge in [0.25, 0.3) is 11.5 Å². The third-order valence-electron chi connectivity index (χ3n) is 11.7. The number of hydrogen-bond acceptors (Lipinski definition) is 9. The minimum Gasteiger partial charge on any atom is -0.378 e. The van der Waals surface area contributed by atoms with E-state index in [2.05, 4.69) is 50.8 Å². The lowest BCUT2D eigenvalue weighted by atomic mass is 9.71. The van der Waals surface area contributed by atoms with Gasteiger partial charge in [0.2, 0.25) is 11.8 Å². The Bertz CT molecular complexity index is 1860. The summed E-state index contributed by atoms with van der Waals surface area (Å²) >= 11 is 6.32. The molecule has 6 heterocycles. The van der Waals surface area contributed by atoms with Crippen LogP contribution in [0.1, 0.15) is 84.0 Å². The number of rotatable bonds is 6. The van der Waals surface area contributed by atoms with Gasteiger partial charge in [0.15, 0.2) is 0 Å². The first kappa shape index (κ1) is 35.1. The van der Waals surface area contributed by atoms with Crippen molar-refractivity contribution in [1.82, 2.24) is 29.9 Å². The van der Waals surface area contributed by atoms with Gasteiger partial charge < -0.3 is 20.0 Å². The fraction of sp³-hybridized carbons (Fsp3) is 0.526. The molecule has 12 nitrogen and oxygen atoms in total. The Kier molecular flexibility index (Phi) is 9.91. The molecule has 3 aromatic rings. The number of aryl methyl sites for hydroxylation is 2. The molecule has 51 heavy (non-hydrogen) atoms. The van der Waals surface area contributed by atoms with Gasteiger partial charge in [0.05, 0.1) is 35.4 Å². The molecule has 1 spiro atoms. The van der Waals surface area contributed by atoms with Gasteiger partial charge in [-0.1, -0.05) is 23.7 Å². The van der Waals surface area contributed by atoms with E-state index in [1.165, 1.54) is 10.2 Å². The first-order valence-corrected chi connectivity index (χ1v) is 18.5. The Morgan fingerprint density at radius 3 is 2.37 bits per heavy atom. The molecule has 1 aromatic carbocycles. The van der Waals surface area contributed by atoms with Crippen molar-refractivity contribution in [2.45, 2.75) is 69.7 Å². The minimum absolute atomic E-state index is 0.0968. The number of nitrogens with zero attached hydrogens (tertiary/aromatic N) is 6. The van der Waals surface area contributed by atoms with Crippen LogP contribution in [0.15, 0.2) is 47.5 Å². The average molecular weight is 715 g/mol. The van der Waals surface area contributed by atoms with Crippen molar-refractivity contribution >= 4 is 40.7 Å². The second-order valence-corrected chi connectivity index (χ2v) is 15.5. The van der Waals surface area contributed by atoms with E-state index in [1.54, 1.807) is 13.2 Å². The molecular weight excluding hydrogens is 668 g/mol. The highest BCUT2D eigenvalue weighted by Gasteiger charge is 2.39. The maximum atomic E-state index is 13.6. The molecule has 7 rings (SSSR count). The Hall–Kier alpha value is -4.29. The topological polar surface area (TPSA) is 133 Å². The van der Waals surface area contributed by atoms with E-state index in [0.717, 1.165) is 93.9 Å². The van der Waals surface area contributed by atoms with Crippen LogP contribution in [0.5, 0.6) is 0 Å². The third-order valence-corrected chi connectivity index (χ3v) is 12.0. The number of amides is 3. The van der Waals surface area contributed by atoms with Gasteiger partial charge in [-0.3, -0.25) is 29.5 Å². The van der Waals surface area contributed by atoms with Gasteiger partial charge in [-0.05, 0) is 93.2 Å². The molecule has 0 saturated carbocycles. The van der Waals surface area contributed by atoms with Crippen LogP contribution < -0.4 is 21.1 Å². The summed E-state index contributed by atoms with van der Waals surface area (Å²) in [5.41, 5.74) is 5.21. The number of likely N-dealkylation sites (N-methyl/N-ethyl adjacent to an activating group) is 1. The van der Waals surface area contributed by atoms with Gasteiger partial charge >= 0.3 is 0 Å². The zero-order valence-corrected chi connectivity index (χ0v) is 30.4. The van der Waals surface area contributed by atoms with Crippen LogP contribution in [-0.4, -0.2) is 94.6 Å². The predicted molar refractivity (Wildman–Crippen MR) is 196 cm³/mol. The van der Waals surface area contributed by atoms with E-state index in [0.29, 0.717) is 18.5 Å². The second-order valence-electron chi connectivity index (χ2n) is 15.1. The van der Waals surface area contributed by atoms with Crippen LogP contribution in [0.3, 0.4) is 0 Å². The second kappa shape index (κ2) is 14.4. The molecule has 3 amide bonds. The number of piperidine rings is 4. The van der Waals surface area contributed by atoms with E-state index >= 15 is 0 Å². The lowest BCUT2D eigenvalue weighted by molar-refractivity contribution is -0.134. The molecule has 2 aromatic heterocycles. The first-order chi connectivity index (χ1) is 24.5. The van der Waals surface area contributed by atoms with Gasteiger partial charge in [0.1, 0.15) is 5.02 Å². The summed E-state index contributed by atoms with van der Waals surface area (Å²) in [5, 5.41) is 10.1. The van der Waals surface area contributed by atoms with Crippen LogP contribution in [-0.2, 0) is 16.6 Å². The minimum atomic E-state index is -0.375. The molecule has 4 fully saturated rings. The van der Waals surface area contributed by atoms with E-state index in [9.17, 15) is 19.2 Å². The molecule has 4 saturated heterocycles. The zero-order chi connectivity index (χ0) is 35.9. The number of hydrogen-bond donors (Lipinski definition) is 2. The van der Waals surface area contributed by atoms with Crippen molar-refractivity contribution in [1.29, 1.82) is 0 Å². The average Bonchev–Trinajstić information content (AvgIpc) is 3.12. The molecule has 4 aliphatic heterocycles. The molecule has 2 unspecified atom stereocenters. The maximum Gasteiger partial charge on any atom is 0.287 e. The van der Waals surface area contributed by atoms with Crippen LogP contribution in [0.4, 0.5) is 11.4 Å². The summed E-state index contributed by atoms with van der Waals surface area (Å²) in [7, 11) is 3.68. The number of pyridine rings is 1. The molecule has 0 aliphatic carbocycles. The molecule has 13 heteroatoms. The number of halogens is 1. The van der Waals surface area contributed by atoms with Gasteiger partial charge in [0, 0.05) is 64.3 Å². The lowest BCUT2D eigenvalue weighted by Crippen LogP contribution is -2.48. The summed E-state index contributed by atoms with van der Waals surface area (Å²) in [6.07, 6.45) is 9.36. The molecule has 2 N–H and O–H groups in total. The number of benzene rings is 1. The quantitative estimate of drug-likeness (QED) is 0.363. The highest BCUT2D eigenvalue weighted by atomic mass is 35.5. The van der Waals surface area contributed by atoms with Crippen LogP contribution in [0.25, 0.3) is 0 Å². The fourth-order valence-corrected chi connectivity index (χ4v) is 8.79. The lowest BCUT2D eigenvalue weighted by Gasteiger charge is -2.47. The van der Waals surface area contributed by atoms with Crippen molar-refractivity contribution in [2.75, 3.05) is 56.5 Å². The molecular formula is C38H47ClN8O4. The first-order valence-electron chi connectivity index (χ1n) is 18.1. The van der Waals surface area contributed by atoms with Crippen LogP contribution in [0.2, 0.25) is 5.02 Å². The SMILES string of the molecule is Cc1cc(N2CCC3(CCN(C(=O)c4ccc([C@H]5CC(Nc6cnn(C)c(=O)c6Cl)CN(C)C5)cc4)CC3)CC2)cnc1C1CCC(=O)NC1=O. The molecule has 270 valence electrons. The summed E-state index contributed by atoms with van der Waals surface area (Å²) in [6, 6.07) is 10.4. The summed E-state index contributed by atoms with van der Waals surface area (Å²) < 4.78 is 1.23. The van der Waals surface area contributed by atoms with Crippen molar-refractivity contribution in [3.63, 3.8) is 0 Å². The monoisotopic (exact) mass is 714 g/mol. The Labute approximate surface area is 303 Å². The zero-order valence-electron chi connectivity index (χ0n) is 29.7. The number of imide groups is 1. The van der Waals surface area contributed by atoms with Crippen molar-refractivity contribution in [2.24, 2.45) is 12.5 Å². The maximum absolute atomic E-state index is 13.6. The van der Waals surface area contributed by atoms with Gasteiger partial charge in [-0.15, -0.1) is 0 Å². The smallest absolute Gasteiger partial charge is 0.287 e. The fourth-order valence-electron chi connectivity index (χ4n) is 8.56. The summed E-state index contributed by atoms with van der Waals surface area (Å²) in [5.74, 6) is -0.475. The standard InChI is InChI=1S/C38H47ClN8O4/c1-24-18-29(20-40-34(24)30-8-9-32(48)43-35(30)49)46-14-10-38(11-15-46)12-16-47(17-13-38)36(50)26-6-4-25(5-7-26)27-19-28(23-44(2)22-27)42-31-21-41-45(3)37(51)33(31)39/h4-7,18,20-21,27-28,30,42H,8-17,19,22-23H2,1-3H3,(H,43,48,49)/t27-,28?,30?/m0/s1. The normalized spacial score (nSPS) is 24.0. The van der Waals surface area contributed by atoms with E-state index < -0.39 is 0 Å². The number of carbonyl (C=O) groups is 3. The van der Waals surface area contributed by atoms with E-state index in [1.807, 2.05) is 30.2 Å². The number of carbonyl (C=O) groups excluding carboxylic acids is 3. The number of nitrogens with one attached hydrogen (secondary N) is 2. The van der Waals surface area contributed by atoms with Crippen molar-refractivity contribution in [3.8, 4) is 0 Å². The van der Waals surface area contributed by atoms with Crippen LogP contribution >= 0.6 is 11.6 Å². The van der Waals surface area contributed by atoms with Crippen LogP contribution in [0, 0.1) is 12.3 Å². The third kappa shape index (κ3) is 7.39. The van der Waals surface area contributed by atoms with Gasteiger partial charge in [-0.2, -0.15) is 5.10 Å². The van der Waals surface area contributed by atoms with Crippen molar-refractivity contribution < 1.29 is 14.4 Å². The predicted octanol–water partition coefficient (Wildman–Crippen LogP) is 4.08. The van der Waals surface area contributed by atoms with Crippen molar-refractivity contribution in [3.05, 3.63) is 80.5 Å². The highest BCUT2D eigenvalue weighted by Crippen LogP contribution is 2.43. The largest absolute Gasteiger partial charge is 0.378 e. The molecule has 0 radical (unpaired) electrons. The Balaban J connectivity index is 0.911. The number of anilines is 2. The Morgan fingerprint density at radius 1 is 0.980 bits per heavy atom.